The molecule has 78 valence electrons. The molecule has 16 heavy (non-hydrogen) atoms. The number of amides is 1. The van der Waals surface area contributed by atoms with Crippen molar-refractivity contribution in [3.8, 4) is 12.1 Å². The van der Waals surface area contributed by atoms with Gasteiger partial charge in [0.1, 0.15) is 17.8 Å². The Balaban J connectivity index is 3.50. The summed E-state index contributed by atoms with van der Waals surface area (Å²) in [6.45, 7) is 0. The van der Waals surface area contributed by atoms with Crippen molar-refractivity contribution in [3.63, 3.8) is 0 Å². The summed E-state index contributed by atoms with van der Waals surface area (Å²) < 4.78 is 0. The summed E-state index contributed by atoms with van der Waals surface area (Å²) in [5, 5.41) is 30.1. The predicted octanol–water partition coefficient (Wildman–Crippen LogP) is 0.906. The number of nitrogens with zero attached hydrogens (tertiary/aromatic N) is 3. The van der Waals surface area contributed by atoms with Crippen molar-refractivity contribution in [3.05, 3.63) is 33.4 Å². The number of nitro benzene ring substituents is 1. The molecule has 1 aromatic rings. The Bertz CT molecular complexity index is 539. The van der Waals surface area contributed by atoms with Crippen LogP contribution in [-0.4, -0.2) is 11.3 Å². The molecule has 7 nitrogen and oxygen atoms in total. The number of hydrogen-bond donors (Lipinski definition) is 1. The van der Waals surface area contributed by atoms with E-state index in [1.54, 1.807) is 12.1 Å². The normalized spacial score (nSPS) is 8.62. The van der Waals surface area contributed by atoms with Gasteiger partial charge in [0.2, 0.25) is 6.41 Å². The van der Waals surface area contributed by atoms with Crippen molar-refractivity contribution in [2.75, 3.05) is 5.32 Å². The minimum atomic E-state index is -0.742. The van der Waals surface area contributed by atoms with Gasteiger partial charge in [-0.05, 0) is 6.07 Å². The quantitative estimate of drug-likeness (QED) is 0.457. The molecule has 0 aliphatic rings. The molecule has 0 aliphatic heterocycles. The van der Waals surface area contributed by atoms with Crippen molar-refractivity contribution in [2.24, 2.45) is 0 Å². The van der Waals surface area contributed by atoms with Crippen LogP contribution in [0.15, 0.2) is 12.1 Å². The van der Waals surface area contributed by atoms with Gasteiger partial charge in [-0.2, -0.15) is 10.5 Å². The van der Waals surface area contributed by atoms with E-state index in [0.29, 0.717) is 0 Å². The molecule has 1 aromatic carbocycles. The van der Waals surface area contributed by atoms with Crippen molar-refractivity contribution in [1.82, 2.24) is 0 Å². The van der Waals surface area contributed by atoms with E-state index in [0.717, 1.165) is 12.1 Å². The first-order valence-corrected chi connectivity index (χ1v) is 3.97. The lowest BCUT2D eigenvalue weighted by molar-refractivity contribution is -0.383. The summed E-state index contributed by atoms with van der Waals surface area (Å²) in [6, 6.07) is 5.42. The summed E-state index contributed by atoms with van der Waals surface area (Å²) in [4.78, 5) is 20.1. The molecular weight excluding hydrogens is 212 g/mol. The highest BCUT2D eigenvalue weighted by Gasteiger charge is 2.17. The number of rotatable bonds is 3. The first-order chi connectivity index (χ1) is 7.63. The Morgan fingerprint density at radius 1 is 1.31 bits per heavy atom. The molecule has 0 heterocycles. The lowest BCUT2D eigenvalue weighted by Gasteiger charge is -2.02. The van der Waals surface area contributed by atoms with Crippen molar-refractivity contribution < 1.29 is 9.72 Å². The average molecular weight is 216 g/mol. The molecule has 1 N–H and O–H groups in total. The molecule has 0 aromatic heterocycles. The number of hydrogen-bond acceptors (Lipinski definition) is 5. The van der Waals surface area contributed by atoms with E-state index < -0.39 is 10.6 Å². The van der Waals surface area contributed by atoms with E-state index in [-0.39, 0.29) is 23.2 Å². The molecule has 0 saturated heterocycles. The second kappa shape index (κ2) is 4.53. The standard InChI is InChI=1S/C9H4N4O3/c10-3-6-1-8(12-5-14)9(13(15)16)2-7(6)4-11/h1-2,5H,(H,12,14). The second-order valence-corrected chi connectivity index (χ2v) is 2.66. The van der Waals surface area contributed by atoms with Crippen LogP contribution in [0.2, 0.25) is 0 Å². The number of nitriles is 2. The van der Waals surface area contributed by atoms with Gasteiger partial charge >= 0.3 is 0 Å². The maximum atomic E-state index is 10.6. The van der Waals surface area contributed by atoms with E-state index in [2.05, 4.69) is 5.32 Å². The SMILES string of the molecule is N#Cc1cc(NC=O)c([N+](=O)[O-])cc1C#N. The molecule has 0 radical (unpaired) electrons. The van der Waals surface area contributed by atoms with Crippen LogP contribution in [0.4, 0.5) is 11.4 Å². The van der Waals surface area contributed by atoms with Crippen LogP contribution in [-0.2, 0) is 4.79 Å². The van der Waals surface area contributed by atoms with Crippen LogP contribution >= 0.6 is 0 Å². The average Bonchev–Trinajstić information content (AvgIpc) is 2.28. The third-order valence-corrected chi connectivity index (χ3v) is 1.79. The number of benzene rings is 1. The molecule has 0 aliphatic carbocycles. The van der Waals surface area contributed by atoms with E-state index in [9.17, 15) is 14.9 Å². The topological polar surface area (TPSA) is 120 Å². The number of nitro groups is 1. The van der Waals surface area contributed by atoms with Crippen LogP contribution in [0.3, 0.4) is 0 Å². The Morgan fingerprint density at radius 3 is 2.31 bits per heavy atom. The van der Waals surface area contributed by atoms with Crippen molar-refractivity contribution >= 4 is 17.8 Å². The highest BCUT2D eigenvalue weighted by molar-refractivity contribution is 5.79. The van der Waals surface area contributed by atoms with Gasteiger partial charge in [0.05, 0.1) is 16.1 Å². The summed E-state index contributed by atoms with van der Waals surface area (Å²) in [5.74, 6) is 0. The first kappa shape index (κ1) is 11.1. The minimum Gasteiger partial charge on any atom is -0.323 e. The van der Waals surface area contributed by atoms with Crippen LogP contribution in [0.1, 0.15) is 11.1 Å². The molecule has 0 atom stereocenters. The van der Waals surface area contributed by atoms with E-state index in [1.807, 2.05) is 0 Å². The maximum Gasteiger partial charge on any atom is 0.294 e. The molecule has 0 spiro atoms. The second-order valence-electron chi connectivity index (χ2n) is 2.66. The van der Waals surface area contributed by atoms with Gasteiger partial charge < -0.3 is 5.32 Å². The summed E-state index contributed by atoms with van der Waals surface area (Å²) >= 11 is 0. The number of carbonyl (C=O) groups excluding carboxylic acids is 1. The van der Waals surface area contributed by atoms with E-state index >= 15 is 0 Å². The molecule has 7 heteroatoms. The zero-order valence-corrected chi connectivity index (χ0v) is 7.80. The first-order valence-electron chi connectivity index (χ1n) is 3.97. The van der Waals surface area contributed by atoms with E-state index in [4.69, 9.17) is 10.5 Å². The Labute approximate surface area is 89.7 Å². The van der Waals surface area contributed by atoms with Crippen LogP contribution in [0.25, 0.3) is 0 Å². The zero-order valence-electron chi connectivity index (χ0n) is 7.80. The van der Waals surface area contributed by atoms with Gasteiger partial charge in [-0.1, -0.05) is 0 Å². The summed E-state index contributed by atoms with van der Waals surface area (Å²) in [6.07, 6.45) is 0.259. The Kier molecular flexibility index (Phi) is 3.16. The fourth-order valence-electron chi connectivity index (χ4n) is 1.10. The van der Waals surface area contributed by atoms with Crippen molar-refractivity contribution in [2.45, 2.75) is 0 Å². The number of carbonyl (C=O) groups is 1. The molecule has 0 unspecified atom stereocenters. The van der Waals surface area contributed by atoms with Crippen molar-refractivity contribution in [1.29, 1.82) is 10.5 Å². The monoisotopic (exact) mass is 216 g/mol. The van der Waals surface area contributed by atoms with Gasteiger partial charge in [-0.3, -0.25) is 14.9 Å². The fraction of sp³-hybridized carbons (Fsp3) is 0. The Morgan fingerprint density at radius 2 is 1.88 bits per heavy atom. The highest BCUT2D eigenvalue weighted by atomic mass is 16.6. The number of anilines is 1. The molecular formula is C9H4N4O3. The van der Waals surface area contributed by atoms with Crippen LogP contribution in [0.5, 0.6) is 0 Å². The molecule has 1 amide bonds. The zero-order chi connectivity index (χ0) is 12.1. The van der Waals surface area contributed by atoms with E-state index in [1.165, 1.54) is 0 Å². The van der Waals surface area contributed by atoms with Gasteiger partial charge in [0, 0.05) is 6.07 Å². The third kappa shape index (κ3) is 1.94. The van der Waals surface area contributed by atoms with Gasteiger partial charge in [0.25, 0.3) is 5.69 Å². The molecule has 0 saturated carbocycles. The minimum absolute atomic E-state index is 0.0301. The fourth-order valence-corrected chi connectivity index (χ4v) is 1.10. The summed E-state index contributed by atoms with van der Waals surface area (Å²) in [7, 11) is 0. The predicted molar refractivity (Wildman–Crippen MR) is 52.2 cm³/mol. The smallest absolute Gasteiger partial charge is 0.294 e. The van der Waals surface area contributed by atoms with Gasteiger partial charge in [0.15, 0.2) is 0 Å². The van der Waals surface area contributed by atoms with Crippen LogP contribution < -0.4 is 5.32 Å². The van der Waals surface area contributed by atoms with Gasteiger partial charge in [-0.25, -0.2) is 0 Å². The molecule has 0 fully saturated rings. The van der Waals surface area contributed by atoms with Crippen LogP contribution in [0, 0.1) is 32.8 Å². The third-order valence-electron chi connectivity index (χ3n) is 1.79. The number of nitrogens with one attached hydrogen (secondary N) is 1. The molecule has 1 rings (SSSR count). The molecule has 0 bridgehead atoms. The maximum absolute atomic E-state index is 10.6. The Hall–Kier alpha value is -2.93. The lowest BCUT2D eigenvalue weighted by atomic mass is 10.1. The lowest BCUT2D eigenvalue weighted by Crippen LogP contribution is -2.01. The van der Waals surface area contributed by atoms with Gasteiger partial charge in [-0.15, -0.1) is 0 Å². The summed E-state index contributed by atoms with van der Waals surface area (Å²) in [5.41, 5.74) is -0.679. The highest BCUT2D eigenvalue weighted by Crippen LogP contribution is 2.27. The largest absolute Gasteiger partial charge is 0.323 e.